The first-order valence-electron chi connectivity index (χ1n) is 11.1. The quantitative estimate of drug-likeness (QED) is 0.345. The molecule has 0 saturated carbocycles. The largest absolute Gasteiger partial charge is 0.354 e. The first kappa shape index (κ1) is 23.6. The summed E-state index contributed by atoms with van der Waals surface area (Å²) < 4.78 is 0. The van der Waals surface area contributed by atoms with Gasteiger partial charge in [-0.05, 0) is 56.6 Å². The Morgan fingerprint density at radius 1 is 1.19 bits per heavy atom. The van der Waals surface area contributed by atoms with E-state index in [0.29, 0.717) is 45.7 Å². The molecule has 0 aliphatic carbocycles. The van der Waals surface area contributed by atoms with Gasteiger partial charge in [0.2, 0.25) is 17.7 Å². The number of hydrogen-bond donors (Lipinski definition) is 4. The smallest absolute Gasteiger partial charge is 0.245 e. The molecule has 2 aliphatic heterocycles. The van der Waals surface area contributed by atoms with Crippen molar-refractivity contribution in [1.29, 1.82) is 0 Å². The molecule has 2 aliphatic rings. The molecule has 0 radical (unpaired) electrons. The summed E-state index contributed by atoms with van der Waals surface area (Å²) in [5.74, 6) is -0.245. The van der Waals surface area contributed by atoms with Crippen LogP contribution in [0, 0.1) is 0 Å². The molecule has 0 spiro atoms. The number of fused-ring (bicyclic) bond motifs is 1. The van der Waals surface area contributed by atoms with Crippen molar-refractivity contribution >= 4 is 29.1 Å². The van der Waals surface area contributed by atoms with Gasteiger partial charge in [0.15, 0.2) is 0 Å². The van der Waals surface area contributed by atoms with E-state index in [9.17, 15) is 14.4 Å². The van der Waals surface area contributed by atoms with E-state index in [4.69, 9.17) is 11.5 Å². The summed E-state index contributed by atoms with van der Waals surface area (Å²) in [7, 11) is 0. The Morgan fingerprint density at radius 2 is 1.97 bits per heavy atom. The Labute approximate surface area is 187 Å². The molecule has 3 heterocycles. The van der Waals surface area contributed by atoms with E-state index < -0.39 is 18.1 Å². The van der Waals surface area contributed by atoms with Crippen LogP contribution in [0.2, 0.25) is 0 Å². The number of nitrogens with zero attached hydrogens (tertiary/aromatic N) is 2. The van der Waals surface area contributed by atoms with Crippen molar-refractivity contribution in [2.45, 2.75) is 50.2 Å². The SMILES string of the molecule is NCCCCNC(=O)C(c1cccs1)N1CCN2C(=O)C(CCCCN)NC(=O)C2C1. The Bertz CT molecular complexity index is 743. The van der Waals surface area contributed by atoms with E-state index in [1.807, 2.05) is 22.4 Å². The fourth-order valence-electron chi connectivity index (χ4n) is 4.24. The first-order chi connectivity index (χ1) is 15.1. The Balaban J connectivity index is 1.67. The maximum atomic E-state index is 13.0. The molecular formula is C21H34N6O3S. The number of amides is 3. The van der Waals surface area contributed by atoms with E-state index in [0.717, 1.165) is 30.6 Å². The van der Waals surface area contributed by atoms with Crippen molar-refractivity contribution < 1.29 is 14.4 Å². The lowest BCUT2D eigenvalue weighted by Gasteiger charge is -2.46. The Kier molecular flexibility index (Phi) is 8.82. The van der Waals surface area contributed by atoms with Gasteiger partial charge in [-0.15, -0.1) is 11.3 Å². The third-order valence-corrected chi connectivity index (χ3v) is 6.84. The van der Waals surface area contributed by atoms with E-state index in [2.05, 4.69) is 10.6 Å². The normalized spacial score (nSPS) is 22.7. The minimum atomic E-state index is -0.570. The molecule has 31 heavy (non-hydrogen) atoms. The topological polar surface area (TPSA) is 134 Å². The predicted molar refractivity (Wildman–Crippen MR) is 120 cm³/mol. The molecule has 3 atom stereocenters. The predicted octanol–water partition coefficient (Wildman–Crippen LogP) is -0.215. The first-order valence-corrected chi connectivity index (χ1v) is 12.0. The molecule has 3 unspecified atom stereocenters. The van der Waals surface area contributed by atoms with Crippen molar-refractivity contribution in [3.63, 3.8) is 0 Å². The molecule has 9 nitrogen and oxygen atoms in total. The van der Waals surface area contributed by atoms with Crippen LogP contribution in [-0.4, -0.2) is 78.9 Å². The van der Waals surface area contributed by atoms with Gasteiger partial charge in [-0.2, -0.15) is 0 Å². The number of nitrogens with two attached hydrogens (primary N) is 2. The summed E-state index contributed by atoms with van der Waals surface area (Å²) in [6, 6.07) is 2.36. The molecule has 6 N–H and O–H groups in total. The van der Waals surface area contributed by atoms with Crippen LogP contribution in [0.3, 0.4) is 0 Å². The summed E-state index contributed by atoms with van der Waals surface area (Å²) in [6.45, 7) is 3.08. The second kappa shape index (κ2) is 11.6. The molecule has 2 fully saturated rings. The highest BCUT2D eigenvalue weighted by atomic mass is 32.1. The van der Waals surface area contributed by atoms with Gasteiger partial charge in [-0.1, -0.05) is 6.07 Å². The fraction of sp³-hybridized carbons (Fsp3) is 0.667. The highest BCUT2D eigenvalue weighted by molar-refractivity contribution is 7.10. The molecule has 172 valence electrons. The Hall–Kier alpha value is -2.01. The summed E-state index contributed by atoms with van der Waals surface area (Å²) in [5.41, 5.74) is 11.1. The summed E-state index contributed by atoms with van der Waals surface area (Å²) >= 11 is 1.53. The molecule has 10 heteroatoms. The van der Waals surface area contributed by atoms with E-state index in [-0.39, 0.29) is 17.7 Å². The van der Waals surface area contributed by atoms with Crippen LogP contribution in [0.4, 0.5) is 0 Å². The van der Waals surface area contributed by atoms with Gasteiger partial charge in [0.05, 0.1) is 0 Å². The van der Waals surface area contributed by atoms with Crippen LogP contribution < -0.4 is 22.1 Å². The molecule has 0 aromatic carbocycles. The molecule has 3 amide bonds. The number of hydrogen-bond acceptors (Lipinski definition) is 7. The lowest BCUT2D eigenvalue weighted by Crippen LogP contribution is -2.69. The molecular weight excluding hydrogens is 416 g/mol. The van der Waals surface area contributed by atoms with Crippen molar-refractivity contribution in [2.24, 2.45) is 11.5 Å². The molecule has 0 bridgehead atoms. The second-order valence-electron chi connectivity index (χ2n) is 8.09. The second-order valence-corrected chi connectivity index (χ2v) is 9.07. The highest BCUT2D eigenvalue weighted by Crippen LogP contribution is 2.29. The van der Waals surface area contributed by atoms with Gasteiger partial charge in [0.1, 0.15) is 18.1 Å². The van der Waals surface area contributed by atoms with Gasteiger partial charge < -0.3 is 27.0 Å². The van der Waals surface area contributed by atoms with Gasteiger partial charge in [-0.3, -0.25) is 19.3 Å². The maximum absolute atomic E-state index is 13.0. The number of unbranched alkanes of at least 4 members (excludes halogenated alkanes) is 2. The number of rotatable bonds is 11. The van der Waals surface area contributed by atoms with Gasteiger partial charge in [-0.25, -0.2) is 0 Å². The zero-order chi connectivity index (χ0) is 22.2. The van der Waals surface area contributed by atoms with Crippen molar-refractivity contribution in [3.05, 3.63) is 22.4 Å². The summed E-state index contributed by atoms with van der Waals surface area (Å²) in [5, 5.41) is 7.85. The van der Waals surface area contributed by atoms with Crippen LogP contribution in [-0.2, 0) is 14.4 Å². The zero-order valence-corrected chi connectivity index (χ0v) is 18.7. The van der Waals surface area contributed by atoms with Gasteiger partial charge >= 0.3 is 0 Å². The van der Waals surface area contributed by atoms with Gasteiger partial charge in [0, 0.05) is 31.1 Å². The number of piperazine rings is 2. The minimum Gasteiger partial charge on any atom is -0.354 e. The number of thiophene rings is 1. The minimum absolute atomic E-state index is 0.0276. The van der Waals surface area contributed by atoms with Crippen LogP contribution in [0.1, 0.15) is 43.0 Å². The lowest BCUT2D eigenvalue weighted by atomic mass is 9.99. The third kappa shape index (κ3) is 5.82. The van der Waals surface area contributed by atoms with Crippen molar-refractivity contribution in [1.82, 2.24) is 20.4 Å². The van der Waals surface area contributed by atoms with Crippen LogP contribution in [0.5, 0.6) is 0 Å². The maximum Gasteiger partial charge on any atom is 0.245 e. The highest BCUT2D eigenvalue weighted by Gasteiger charge is 2.45. The summed E-state index contributed by atoms with van der Waals surface area (Å²) in [6.07, 6.45) is 3.94. The van der Waals surface area contributed by atoms with Crippen LogP contribution in [0.15, 0.2) is 17.5 Å². The third-order valence-electron chi connectivity index (χ3n) is 5.92. The van der Waals surface area contributed by atoms with Crippen LogP contribution in [0.25, 0.3) is 0 Å². The average Bonchev–Trinajstić information content (AvgIpc) is 3.29. The standard InChI is InChI=1S/C21H34N6O3S/c22-8-2-1-6-15-21(30)27-12-11-26(14-16(27)19(28)25-15)18(17-7-5-13-31-17)20(29)24-10-4-3-9-23/h5,7,13,15-16,18H,1-4,6,8-12,14,22-23H2,(H,24,29)(H,25,28). The van der Waals surface area contributed by atoms with Crippen LogP contribution >= 0.6 is 11.3 Å². The van der Waals surface area contributed by atoms with E-state index >= 15 is 0 Å². The zero-order valence-electron chi connectivity index (χ0n) is 17.9. The lowest BCUT2D eigenvalue weighted by molar-refractivity contribution is -0.154. The average molecular weight is 451 g/mol. The number of carbonyl (C=O) groups is 3. The monoisotopic (exact) mass is 450 g/mol. The van der Waals surface area contributed by atoms with Gasteiger partial charge in [0.25, 0.3) is 0 Å². The van der Waals surface area contributed by atoms with E-state index in [1.165, 1.54) is 11.3 Å². The molecule has 2 saturated heterocycles. The van der Waals surface area contributed by atoms with Crippen molar-refractivity contribution in [2.75, 3.05) is 39.3 Å². The Morgan fingerprint density at radius 3 is 2.68 bits per heavy atom. The summed E-state index contributed by atoms with van der Waals surface area (Å²) in [4.78, 5) is 43.4. The van der Waals surface area contributed by atoms with E-state index in [1.54, 1.807) is 4.90 Å². The molecule has 1 aromatic rings. The molecule has 1 aromatic heterocycles. The van der Waals surface area contributed by atoms with Crippen molar-refractivity contribution in [3.8, 4) is 0 Å². The number of nitrogens with one attached hydrogen (secondary N) is 2. The number of carbonyl (C=O) groups excluding carboxylic acids is 3. The fourth-order valence-corrected chi connectivity index (χ4v) is 5.10. The molecule has 3 rings (SSSR count).